The zero-order valence-electron chi connectivity index (χ0n) is 13.1. The highest BCUT2D eigenvalue weighted by Gasteiger charge is 2.30. The van der Waals surface area contributed by atoms with Crippen LogP contribution in [0.2, 0.25) is 0 Å². The molecule has 0 saturated carbocycles. The van der Waals surface area contributed by atoms with Gasteiger partial charge in [0.15, 0.2) is 5.82 Å². The molecule has 24 heavy (non-hydrogen) atoms. The molecule has 1 atom stereocenters. The maximum atomic E-state index is 12.9. The van der Waals surface area contributed by atoms with E-state index in [9.17, 15) is 4.79 Å². The first-order valence-electron chi connectivity index (χ1n) is 7.93. The maximum absolute atomic E-state index is 12.9. The van der Waals surface area contributed by atoms with Gasteiger partial charge in [0.25, 0.3) is 5.91 Å². The average molecular weight is 323 g/mol. The molecule has 1 aliphatic rings. The highest BCUT2D eigenvalue weighted by molar-refractivity contribution is 5.92. The molecule has 1 amide bonds. The van der Waals surface area contributed by atoms with Crippen LogP contribution in [0.5, 0.6) is 0 Å². The fourth-order valence-corrected chi connectivity index (χ4v) is 3.06. The van der Waals surface area contributed by atoms with Crippen molar-refractivity contribution in [3.63, 3.8) is 0 Å². The van der Waals surface area contributed by atoms with Crippen molar-refractivity contribution in [2.24, 2.45) is 0 Å². The van der Waals surface area contributed by atoms with E-state index in [-0.39, 0.29) is 11.9 Å². The third kappa shape index (κ3) is 2.78. The number of carbonyl (C=O) groups is 1. The number of hydrogen-bond acceptors (Lipinski definition) is 5. The molecule has 3 aromatic rings. The van der Waals surface area contributed by atoms with E-state index in [1.807, 2.05) is 29.3 Å². The Balaban J connectivity index is 1.55. The van der Waals surface area contributed by atoms with Crippen molar-refractivity contribution in [2.75, 3.05) is 6.54 Å². The fourth-order valence-electron chi connectivity index (χ4n) is 3.06. The molecule has 0 aliphatic carbocycles. The Labute approximate surface area is 138 Å². The lowest BCUT2D eigenvalue weighted by atomic mass is 10.2. The Morgan fingerprint density at radius 3 is 2.96 bits per heavy atom. The van der Waals surface area contributed by atoms with E-state index in [4.69, 9.17) is 0 Å². The lowest BCUT2D eigenvalue weighted by Crippen LogP contribution is -2.38. The summed E-state index contributed by atoms with van der Waals surface area (Å²) in [5.41, 5.74) is 0.438. The van der Waals surface area contributed by atoms with Gasteiger partial charge in [-0.25, -0.2) is 9.67 Å². The third-order valence-electron chi connectivity index (χ3n) is 4.20. The van der Waals surface area contributed by atoms with Crippen molar-refractivity contribution in [2.45, 2.75) is 25.4 Å². The fraction of sp³-hybridized carbons (Fsp3) is 0.312. The summed E-state index contributed by atoms with van der Waals surface area (Å²) in [4.78, 5) is 19.2. The summed E-state index contributed by atoms with van der Waals surface area (Å²) in [5, 5.41) is 12.0. The van der Waals surface area contributed by atoms with Gasteiger partial charge in [0.05, 0.1) is 18.8 Å². The van der Waals surface area contributed by atoms with E-state index in [1.54, 1.807) is 34.0 Å². The molecule has 1 fully saturated rings. The minimum Gasteiger partial charge on any atom is -0.332 e. The van der Waals surface area contributed by atoms with Crippen LogP contribution in [0.3, 0.4) is 0 Å². The predicted octanol–water partition coefficient (Wildman–Crippen LogP) is 1.16. The molecule has 0 aromatic carbocycles. The molecule has 0 spiro atoms. The minimum absolute atomic E-state index is 0.0494. The summed E-state index contributed by atoms with van der Waals surface area (Å²) in [6.07, 6.45) is 8.91. The van der Waals surface area contributed by atoms with Gasteiger partial charge in [-0.1, -0.05) is 11.3 Å². The predicted molar refractivity (Wildman–Crippen MR) is 85.4 cm³/mol. The summed E-state index contributed by atoms with van der Waals surface area (Å²) in [5.74, 6) is 0.587. The first kappa shape index (κ1) is 14.6. The second kappa shape index (κ2) is 6.23. The zero-order chi connectivity index (χ0) is 16.4. The van der Waals surface area contributed by atoms with Crippen LogP contribution in [-0.2, 0) is 6.54 Å². The third-order valence-corrected chi connectivity index (χ3v) is 4.20. The van der Waals surface area contributed by atoms with Crippen LogP contribution >= 0.6 is 0 Å². The van der Waals surface area contributed by atoms with Gasteiger partial charge < -0.3 is 4.90 Å². The lowest BCUT2D eigenvalue weighted by Gasteiger charge is -2.24. The van der Waals surface area contributed by atoms with Gasteiger partial charge in [-0.15, -0.1) is 5.10 Å². The van der Waals surface area contributed by atoms with Crippen molar-refractivity contribution in [3.05, 3.63) is 54.7 Å². The molecule has 8 nitrogen and oxygen atoms in total. The van der Waals surface area contributed by atoms with Crippen LogP contribution < -0.4 is 0 Å². The first-order valence-corrected chi connectivity index (χ1v) is 7.93. The number of nitrogens with zero attached hydrogens (tertiary/aromatic N) is 7. The summed E-state index contributed by atoms with van der Waals surface area (Å²) in [6.45, 7) is 1.40. The molecule has 4 rings (SSSR count). The minimum atomic E-state index is -0.0494. The van der Waals surface area contributed by atoms with Gasteiger partial charge >= 0.3 is 0 Å². The number of amides is 1. The smallest absolute Gasteiger partial charge is 0.272 e. The largest absolute Gasteiger partial charge is 0.332 e. The summed E-state index contributed by atoms with van der Waals surface area (Å²) >= 11 is 0. The lowest BCUT2D eigenvalue weighted by molar-refractivity contribution is 0.0715. The molecule has 0 N–H and O–H groups in total. The van der Waals surface area contributed by atoms with Gasteiger partial charge in [-0.2, -0.15) is 5.10 Å². The molecule has 122 valence electrons. The van der Waals surface area contributed by atoms with E-state index < -0.39 is 0 Å². The number of aromatic nitrogens is 6. The Hall–Kier alpha value is -3.03. The molecule has 0 unspecified atom stereocenters. The van der Waals surface area contributed by atoms with Crippen LogP contribution in [0.4, 0.5) is 0 Å². The SMILES string of the molecule is O=C(c1cccc(-n2cccn2)n1)N1CCC[C@H]1Cn1ccnn1. The van der Waals surface area contributed by atoms with Crippen molar-refractivity contribution in [3.8, 4) is 5.82 Å². The highest BCUT2D eigenvalue weighted by Crippen LogP contribution is 2.21. The van der Waals surface area contributed by atoms with E-state index in [0.717, 1.165) is 19.4 Å². The van der Waals surface area contributed by atoms with E-state index in [0.29, 0.717) is 18.1 Å². The van der Waals surface area contributed by atoms with Crippen molar-refractivity contribution >= 4 is 5.91 Å². The topological polar surface area (TPSA) is 81.7 Å². The Morgan fingerprint density at radius 1 is 1.21 bits per heavy atom. The van der Waals surface area contributed by atoms with Gasteiger partial charge in [-0.05, 0) is 31.0 Å². The first-order chi connectivity index (χ1) is 11.8. The van der Waals surface area contributed by atoms with E-state index in [2.05, 4.69) is 20.4 Å². The normalized spacial score (nSPS) is 17.3. The van der Waals surface area contributed by atoms with Crippen LogP contribution in [0, 0.1) is 0 Å². The molecule has 0 radical (unpaired) electrons. The van der Waals surface area contributed by atoms with Crippen molar-refractivity contribution in [1.29, 1.82) is 0 Å². The van der Waals surface area contributed by atoms with Gasteiger partial charge in [0.1, 0.15) is 5.69 Å². The van der Waals surface area contributed by atoms with Gasteiger partial charge in [0.2, 0.25) is 0 Å². The van der Waals surface area contributed by atoms with E-state index >= 15 is 0 Å². The van der Waals surface area contributed by atoms with Crippen LogP contribution in [0.1, 0.15) is 23.3 Å². The quantitative estimate of drug-likeness (QED) is 0.720. The number of hydrogen-bond donors (Lipinski definition) is 0. The molecule has 3 aromatic heterocycles. The summed E-state index contributed by atoms with van der Waals surface area (Å²) in [7, 11) is 0. The summed E-state index contributed by atoms with van der Waals surface area (Å²) < 4.78 is 3.41. The zero-order valence-corrected chi connectivity index (χ0v) is 13.1. The highest BCUT2D eigenvalue weighted by atomic mass is 16.2. The maximum Gasteiger partial charge on any atom is 0.272 e. The molecule has 0 bridgehead atoms. The standard InChI is InChI=1S/C16H17N7O/c24-16(14-5-1-6-15(19-14)23-10-3-7-18-23)22-9-2-4-13(22)12-21-11-8-17-20-21/h1,3,5-8,10-11,13H,2,4,9,12H2/t13-/m0/s1. The van der Waals surface area contributed by atoms with Crippen LogP contribution in [-0.4, -0.2) is 53.2 Å². The monoisotopic (exact) mass is 323 g/mol. The molecule has 4 heterocycles. The molecule has 1 aliphatic heterocycles. The van der Waals surface area contributed by atoms with Crippen LogP contribution in [0.25, 0.3) is 5.82 Å². The number of likely N-dealkylation sites (tertiary alicyclic amines) is 1. The second-order valence-electron chi connectivity index (χ2n) is 5.75. The van der Waals surface area contributed by atoms with E-state index in [1.165, 1.54) is 0 Å². The Kier molecular flexibility index (Phi) is 3.78. The molecular formula is C16H17N7O. The van der Waals surface area contributed by atoms with Gasteiger partial charge in [-0.3, -0.25) is 9.48 Å². The number of rotatable bonds is 4. The Bertz CT molecular complexity index is 813. The van der Waals surface area contributed by atoms with Crippen LogP contribution in [0.15, 0.2) is 49.1 Å². The average Bonchev–Trinajstić information content (AvgIpc) is 3.37. The number of carbonyl (C=O) groups excluding carboxylic acids is 1. The second-order valence-corrected chi connectivity index (χ2v) is 5.75. The van der Waals surface area contributed by atoms with Gasteiger partial charge in [0, 0.05) is 25.1 Å². The molecular weight excluding hydrogens is 306 g/mol. The van der Waals surface area contributed by atoms with Crippen molar-refractivity contribution in [1.82, 2.24) is 34.7 Å². The summed E-state index contributed by atoms with van der Waals surface area (Å²) in [6, 6.07) is 7.36. The number of pyridine rings is 1. The molecule has 1 saturated heterocycles. The molecule has 8 heteroatoms. The Morgan fingerprint density at radius 2 is 2.17 bits per heavy atom. The van der Waals surface area contributed by atoms with Crippen molar-refractivity contribution < 1.29 is 4.79 Å².